The second kappa shape index (κ2) is 5.69. The number of aromatic carboxylic acids is 1. The van der Waals surface area contributed by atoms with Gasteiger partial charge in [0.1, 0.15) is 0 Å². The van der Waals surface area contributed by atoms with Gasteiger partial charge in [0, 0.05) is 6.54 Å². The number of hydrogen-bond donors (Lipinski definition) is 1. The molecular weight excluding hydrogens is 278 g/mol. The highest BCUT2D eigenvalue weighted by molar-refractivity contribution is 7.91. The van der Waals surface area contributed by atoms with E-state index in [1.807, 2.05) is 0 Å². The molecule has 0 aliphatic carbocycles. The highest BCUT2D eigenvalue weighted by Gasteiger charge is 2.18. The quantitative estimate of drug-likeness (QED) is 0.887. The molecule has 1 N–H and O–H groups in total. The largest absolute Gasteiger partial charge is 0.478 e. The zero-order chi connectivity index (χ0) is 13.9. The first-order chi connectivity index (χ1) is 8.24. The van der Waals surface area contributed by atoms with E-state index in [2.05, 4.69) is 0 Å². The molecule has 0 aliphatic heterocycles. The van der Waals surface area contributed by atoms with Crippen molar-refractivity contribution in [1.82, 2.24) is 4.90 Å². The first kappa shape index (κ1) is 14.9. The van der Waals surface area contributed by atoms with E-state index >= 15 is 0 Å². The van der Waals surface area contributed by atoms with Gasteiger partial charge in [-0.3, -0.25) is 0 Å². The third-order valence-corrected chi connectivity index (χ3v) is 4.36. The third-order valence-electron chi connectivity index (χ3n) is 2.33. The van der Waals surface area contributed by atoms with Crippen molar-refractivity contribution in [3.8, 4) is 0 Å². The van der Waals surface area contributed by atoms with E-state index in [0.717, 1.165) is 6.07 Å². The van der Waals surface area contributed by atoms with Crippen LogP contribution in [0.25, 0.3) is 0 Å². The minimum atomic E-state index is -3.49. The van der Waals surface area contributed by atoms with Crippen LogP contribution in [0, 0.1) is 0 Å². The summed E-state index contributed by atoms with van der Waals surface area (Å²) in [7, 11) is 0.0361. The Morgan fingerprint density at radius 1 is 1.39 bits per heavy atom. The molecule has 0 aromatic heterocycles. The van der Waals surface area contributed by atoms with Gasteiger partial charge in [-0.2, -0.15) is 0 Å². The normalized spacial score (nSPS) is 11.8. The number of hydrogen-bond acceptors (Lipinski definition) is 4. The Morgan fingerprint density at radius 2 is 2.00 bits per heavy atom. The summed E-state index contributed by atoms with van der Waals surface area (Å²) in [6, 6.07) is 3.70. The molecule has 0 fully saturated rings. The van der Waals surface area contributed by atoms with Crippen molar-refractivity contribution in [2.75, 3.05) is 26.4 Å². The molecule has 0 radical (unpaired) electrons. The van der Waals surface area contributed by atoms with Gasteiger partial charge in [0.05, 0.1) is 21.2 Å². The molecule has 0 atom stereocenters. The number of carboxylic acid groups (broad SMARTS) is 1. The molecule has 0 saturated heterocycles. The SMILES string of the molecule is CN(C)CCS(=O)(=O)c1ccc(Cl)c(C(=O)O)c1. The number of benzene rings is 1. The second-order valence-corrected chi connectivity index (χ2v) is 6.59. The zero-order valence-corrected chi connectivity index (χ0v) is 11.6. The lowest BCUT2D eigenvalue weighted by Gasteiger charge is -2.10. The van der Waals surface area contributed by atoms with Crippen LogP contribution in [0.2, 0.25) is 5.02 Å². The average Bonchev–Trinajstić information content (AvgIpc) is 2.26. The Labute approximate surface area is 111 Å². The predicted octanol–water partition coefficient (Wildman–Crippen LogP) is 1.37. The van der Waals surface area contributed by atoms with Gasteiger partial charge in [-0.1, -0.05) is 11.6 Å². The van der Waals surface area contributed by atoms with Crippen molar-refractivity contribution >= 4 is 27.4 Å². The van der Waals surface area contributed by atoms with Crippen LogP contribution in [-0.2, 0) is 9.84 Å². The number of nitrogens with zero attached hydrogens (tertiary/aromatic N) is 1. The summed E-state index contributed by atoms with van der Waals surface area (Å²) in [4.78, 5) is 12.6. The maximum atomic E-state index is 12.0. The van der Waals surface area contributed by atoms with E-state index in [0.29, 0.717) is 6.54 Å². The van der Waals surface area contributed by atoms with E-state index in [1.54, 1.807) is 19.0 Å². The smallest absolute Gasteiger partial charge is 0.337 e. The van der Waals surface area contributed by atoms with Crippen molar-refractivity contribution < 1.29 is 18.3 Å². The topological polar surface area (TPSA) is 74.7 Å². The first-order valence-electron chi connectivity index (χ1n) is 5.14. The molecule has 7 heteroatoms. The summed E-state index contributed by atoms with van der Waals surface area (Å²) < 4.78 is 23.9. The lowest BCUT2D eigenvalue weighted by Crippen LogP contribution is -2.22. The monoisotopic (exact) mass is 291 g/mol. The fourth-order valence-corrected chi connectivity index (χ4v) is 2.89. The van der Waals surface area contributed by atoms with Gasteiger partial charge in [0.25, 0.3) is 0 Å². The summed E-state index contributed by atoms with van der Waals surface area (Å²) in [6.45, 7) is 0.368. The van der Waals surface area contributed by atoms with Crippen LogP contribution in [0.3, 0.4) is 0 Å². The molecular formula is C11H14ClNO4S. The lowest BCUT2D eigenvalue weighted by atomic mass is 10.2. The van der Waals surface area contributed by atoms with Crippen molar-refractivity contribution in [1.29, 1.82) is 0 Å². The predicted molar refractivity (Wildman–Crippen MR) is 69.0 cm³/mol. The van der Waals surface area contributed by atoms with Gasteiger partial charge in [-0.05, 0) is 32.3 Å². The van der Waals surface area contributed by atoms with Crippen molar-refractivity contribution in [2.24, 2.45) is 0 Å². The van der Waals surface area contributed by atoms with Gasteiger partial charge in [-0.25, -0.2) is 13.2 Å². The van der Waals surface area contributed by atoms with Crippen LogP contribution in [0.1, 0.15) is 10.4 Å². The van der Waals surface area contributed by atoms with Crippen molar-refractivity contribution in [2.45, 2.75) is 4.90 Å². The maximum absolute atomic E-state index is 12.0. The Hall–Kier alpha value is -1.11. The van der Waals surface area contributed by atoms with Gasteiger partial charge < -0.3 is 10.0 Å². The first-order valence-corrected chi connectivity index (χ1v) is 7.17. The Kier molecular flexibility index (Phi) is 4.72. The molecule has 100 valence electrons. The number of rotatable bonds is 5. The molecule has 1 aromatic rings. The highest BCUT2D eigenvalue weighted by atomic mass is 35.5. The van der Waals surface area contributed by atoms with Gasteiger partial charge >= 0.3 is 5.97 Å². The summed E-state index contributed by atoms with van der Waals surface area (Å²) in [6.07, 6.45) is 0. The average molecular weight is 292 g/mol. The van der Waals surface area contributed by atoms with E-state index < -0.39 is 15.8 Å². The molecule has 0 amide bonds. The minimum Gasteiger partial charge on any atom is -0.478 e. The van der Waals surface area contributed by atoms with Crippen LogP contribution in [0.5, 0.6) is 0 Å². The molecule has 1 aromatic carbocycles. The number of carboxylic acids is 1. The van der Waals surface area contributed by atoms with Gasteiger partial charge in [-0.15, -0.1) is 0 Å². The fourth-order valence-electron chi connectivity index (χ4n) is 1.28. The number of sulfone groups is 1. The summed E-state index contributed by atoms with van der Waals surface area (Å²) >= 11 is 5.68. The number of halogens is 1. The third kappa shape index (κ3) is 3.69. The summed E-state index contributed by atoms with van der Waals surface area (Å²) in [5, 5.41) is 8.91. The maximum Gasteiger partial charge on any atom is 0.337 e. The Morgan fingerprint density at radius 3 is 2.50 bits per heavy atom. The molecule has 0 unspecified atom stereocenters. The molecule has 18 heavy (non-hydrogen) atoms. The zero-order valence-electron chi connectivity index (χ0n) is 10.1. The second-order valence-electron chi connectivity index (χ2n) is 4.07. The van der Waals surface area contributed by atoms with Gasteiger partial charge in [0.2, 0.25) is 0 Å². The molecule has 0 bridgehead atoms. The Balaban J connectivity index is 3.10. The van der Waals surface area contributed by atoms with E-state index in [1.165, 1.54) is 12.1 Å². The van der Waals surface area contributed by atoms with Crippen LogP contribution in [0.4, 0.5) is 0 Å². The van der Waals surface area contributed by atoms with Crippen LogP contribution >= 0.6 is 11.6 Å². The van der Waals surface area contributed by atoms with Crippen molar-refractivity contribution in [3.05, 3.63) is 28.8 Å². The summed E-state index contributed by atoms with van der Waals surface area (Å²) in [5.41, 5.74) is -0.206. The highest BCUT2D eigenvalue weighted by Crippen LogP contribution is 2.21. The van der Waals surface area contributed by atoms with Crippen LogP contribution < -0.4 is 0 Å². The molecule has 0 aliphatic rings. The summed E-state index contributed by atoms with van der Waals surface area (Å²) in [5.74, 6) is -1.31. The van der Waals surface area contributed by atoms with Crippen molar-refractivity contribution in [3.63, 3.8) is 0 Å². The lowest BCUT2D eigenvalue weighted by molar-refractivity contribution is 0.0697. The molecule has 0 heterocycles. The standard InChI is InChI=1S/C11H14ClNO4S/c1-13(2)5-6-18(16,17)8-3-4-10(12)9(7-8)11(14)15/h3-4,7H,5-6H2,1-2H3,(H,14,15). The minimum absolute atomic E-state index is 0.0221. The fraction of sp³-hybridized carbons (Fsp3) is 0.364. The van der Waals surface area contributed by atoms with Crippen LogP contribution in [-0.4, -0.2) is 50.8 Å². The van der Waals surface area contributed by atoms with Gasteiger partial charge in [0.15, 0.2) is 9.84 Å². The molecule has 1 rings (SSSR count). The Bertz CT molecular complexity index is 554. The molecule has 0 saturated carbocycles. The van der Waals surface area contributed by atoms with Crippen LogP contribution in [0.15, 0.2) is 23.1 Å². The van der Waals surface area contributed by atoms with E-state index in [4.69, 9.17) is 16.7 Å². The van der Waals surface area contributed by atoms with E-state index in [9.17, 15) is 13.2 Å². The molecule has 5 nitrogen and oxygen atoms in total. The van der Waals surface area contributed by atoms with E-state index in [-0.39, 0.29) is 21.2 Å². The molecule has 0 spiro atoms. The number of carbonyl (C=O) groups is 1.